The van der Waals surface area contributed by atoms with Crippen LogP contribution in [-0.4, -0.2) is 38.2 Å². The van der Waals surface area contributed by atoms with E-state index in [2.05, 4.69) is 33.5 Å². The van der Waals surface area contributed by atoms with E-state index in [1.807, 2.05) is 25.8 Å². The number of nitrogens with one attached hydrogen (secondary N) is 1. The van der Waals surface area contributed by atoms with E-state index in [0.29, 0.717) is 22.1 Å². The number of hydrogen-bond donors (Lipinski definition) is 1. The maximum Gasteiger partial charge on any atom is 0.284 e. The lowest BCUT2D eigenvalue weighted by Crippen LogP contribution is -2.33. The topological polar surface area (TPSA) is 80.3 Å². The Labute approximate surface area is 167 Å². The molecule has 0 spiro atoms. The molecule has 0 aromatic carbocycles. The first-order valence-electron chi connectivity index (χ1n) is 8.65. The number of fused-ring (bicyclic) bond motifs is 1. The summed E-state index contributed by atoms with van der Waals surface area (Å²) in [5.41, 5.74) is 1.29. The number of halogens is 1. The molecule has 0 aliphatic carbocycles. The molecule has 0 saturated carbocycles. The highest BCUT2D eigenvalue weighted by atomic mass is 35.5. The van der Waals surface area contributed by atoms with E-state index in [0.717, 1.165) is 17.2 Å². The van der Waals surface area contributed by atoms with Crippen LogP contribution in [0, 0.1) is 6.92 Å². The van der Waals surface area contributed by atoms with Crippen molar-refractivity contribution in [2.75, 3.05) is 24.3 Å². The Hall–Kier alpha value is -3.13. The predicted molar refractivity (Wildman–Crippen MR) is 113 cm³/mol. The molecule has 0 aliphatic heterocycles. The third-order valence-corrected chi connectivity index (χ3v) is 5.07. The normalized spacial score (nSPS) is 12.0. The van der Waals surface area contributed by atoms with Crippen LogP contribution in [0.1, 0.15) is 24.4 Å². The van der Waals surface area contributed by atoms with Crippen LogP contribution in [-0.2, 0) is 0 Å². The van der Waals surface area contributed by atoms with Gasteiger partial charge in [-0.25, -0.2) is 14.5 Å². The molecule has 146 valence electrons. The van der Waals surface area contributed by atoms with E-state index in [4.69, 9.17) is 11.6 Å². The van der Waals surface area contributed by atoms with Crippen molar-refractivity contribution < 1.29 is 0 Å². The summed E-state index contributed by atoms with van der Waals surface area (Å²) in [6, 6.07) is 1.33. The zero-order valence-corrected chi connectivity index (χ0v) is 17.0. The minimum absolute atomic E-state index is 0.291. The fourth-order valence-corrected chi connectivity index (χ4v) is 3.32. The molecular weight excluding hydrogens is 378 g/mol. The molecule has 1 N–H and O–H groups in total. The van der Waals surface area contributed by atoms with Gasteiger partial charge in [0.2, 0.25) is 0 Å². The lowest BCUT2D eigenvalue weighted by atomic mass is 10.2. The minimum atomic E-state index is -0.312. The first-order valence-corrected chi connectivity index (χ1v) is 9.03. The number of nitrogens with zero attached hydrogens (tertiary/aromatic N) is 6. The highest BCUT2D eigenvalue weighted by molar-refractivity contribution is 6.33. The summed E-state index contributed by atoms with van der Waals surface area (Å²) in [5, 5.41) is 8.01. The van der Waals surface area contributed by atoms with Gasteiger partial charge in [-0.15, -0.1) is 0 Å². The molecule has 0 fully saturated rings. The van der Waals surface area contributed by atoms with Crippen molar-refractivity contribution in [3.05, 3.63) is 64.6 Å². The first kappa shape index (κ1) is 19.6. The lowest BCUT2D eigenvalue weighted by molar-refractivity contribution is 0.617. The SMILES string of the molecule is C=CC(=C)n1c(C(C)N(C)c2ncnc(NC)c2C)nn2ccc(Cl)c2c1=O. The highest BCUT2D eigenvalue weighted by Gasteiger charge is 2.24. The van der Waals surface area contributed by atoms with Gasteiger partial charge in [0.15, 0.2) is 5.82 Å². The zero-order valence-electron chi connectivity index (χ0n) is 16.3. The van der Waals surface area contributed by atoms with Crippen LogP contribution in [0.4, 0.5) is 11.6 Å². The Morgan fingerprint density at radius 3 is 2.79 bits per heavy atom. The van der Waals surface area contributed by atoms with E-state index in [-0.39, 0.29) is 11.6 Å². The fourth-order valence-electron chi connectivity index (χ4n) is 3.09. The largest absolute Gasteiger partial charge is 0.373 e. The Morgan fingerprint density at radius 1 is 1.43 bits per heavy atom. The number of aromatic nitrogens is 5. The van der Waals surface area contributed by atoms with E-state index >= 15 is 0 Å². The molecule has 28 heavy (non-hydrogen) atoms. The van der Waals surface area contributed by atoms with Crippen LogP contribution >= 0.6 is 11.6 Å². The quantitative estimate of drug-likeness (QED) is 0.641. The standard InChI is InChI=1S/C19H22ClN7O/c1-7-11(2)27-18(24-26-9-8-14(20)15(26)19(27)28)13(4)25(6)17-12(3)16(21-5)22-10-23-17/h7-10,13H,1-2H2,3-6H3,(H,21,22,23). The average Bonchev–Trinajstić information content (AvgIpc) is 3.07. The Bertz CT molecular complexity index is 1130. The first-order chi connectivity index (χ1) is 13.3. The van der Waals surface area contributed by atoms with Crippen LogP contribution in [0.15, 0.2) is 42.6 Å². The summed E-state index contributed by atoms with van der Waals surface area (Å²) < 4.78 is 2.92. The molecule has 1 atom stereocenters. The summed E-state index contributed by atoms with van der Waals surface area (Å²) in [6.07, 6.45) is 4.67. The van der Waals surface area contributed by atoms with Gasteiger partial charge in [0.1, 0.15) is 23.5 Å². The van der Waals surface area contributed by atoms with Gasteiger partial charge in [-0.05, 0) is 26.0 Å². The monoisotopic (exact) mass is 399 g/mol. The third-order valence-electron chi connectivity index (χ3n) is 4.77. The van der Waals surface area contributed by atoms with Crippen LogP contribution in [0.25, 0.3) is 11.2 Å². The molecule has 8 nitrogen and oxygen atoms in total. The van der Waals surface area contributed by atoms with Gasteiger partial charge in [0.05, 0.1) is 11.1 Å². The summed E-state index contributed by atoms with van der Waals surface area (Å²) in [7, 11) is 3.69. The molecule has 3 rings (SSSR count). The molecular formula is C19H22ClN7O. The second-order valence-electron chi connectivity index (χ2n) is 6.36. The van der Waals surface area contributed by atoms with E-state index in [1.165, 1.54) is 21.5 Å². The van der Waals surface area contributed by atoms with Gasteiger partial charge in [0.25, 0.3) is 5.56 Å². The predicted octanol–water partition coefficient (Wildman–Crippen LogP) is 3.14. The van der Waals surface area contributed by atoms with Crippen LogP contribution in [0.3, 0.4) is 0 Å². The molecule has 0 saturated heterocycles. The number of allylic oxidation sites excluding steroid dienone is 2. The van der Waals surface area contributed by atoms with Crippen molar-refractivity contribution in [2.24, 2.45) is 0 Å². The summed E-state index contributed by atoms with van der Waals surface area (Å²) >= 11 is 6.18. The fraction of sp³-hybridized carbons (Fsp3) is 0.263. The van der Waals surface area contributed by atoms with Crippen LogP contribution < -0.4 is 15.8 Å². The molecule has 3 aromatic rings. The van der Waals surface area contributed by atoms with Crippen LogP contribution in [0.2, 0.25) is 5.02 Å². The maximum absolute atomic E-state index is 13.1. The molecule has 1 unspecified atom stereocenters. The Morgan fingerprint density at radius 2 is 2.14 bits per heavy atom. The van der Waals surface area contributed by atoms with Crippen molar-refractivity contribution in [3.8, 4) is 0 Å². The molecule has 3 heterocycles. The molecule has 0 aliphatic rings. The Kier molecular flexibility index (Phi) is 5.24. The number of anilines is 2. The van der Waals surface area contributed by atoms with Gasteiger partial charge in [-0.2, -0.15) is 5.10 Å². The van der Waals surface area contributed by atoms with Crippen molar-refractivity contribution in [1.82, 2.24) is 24.1 Å². The van der Waals surface area contributed by atoms with Crippen molar-refractivity contribution in [3.63, 3.8) is 0 Å². The maximum atomic E-state index is 13.1. The van der Waals surface area contributed by atoms with Gasteiger partial charge in [-0.3, -0.25) is 9.36 Å². The highest BCUT2D eigenvalue weighted by Crippen LogP contribution is 2.28. The van der Waals surface area contributed by atoms with Gasteiger partial charge in [0, 0.05) is 31.6 Å². The summed E-state index contributed by atoms with van der Waals surface area (Å²) in [5.74, 6) is 1.95. The molecule has 0 radical (unpaired) electrons. The Balaban J connectivity index is 2.21. The second kappa shape index (κ2) is 7.47. The van der Waals surface area contributed by atoms with Gasteiger partial charge >= 0.3 is 0 Å². The summed E-state index contributed by atoms with van der Waals surface area (Å²) in [4.78, 5) is 23.7. The average molecular weight is 400 g/mol. The van der Waals surface area contributed by atoms with Gasteiger partial charge in [-0.1, -0.05) is 24.8 Å². The molecule has 3 aromatic heterocycles. The third kappa shape index (κ3) is 3.05. The van der Waals surface area contributed by atoms with Crippen molar-refractivity contribution in [2.45, 2.75) is 19.9 Å². The summed E-state index contributed by atoms with van der Waals surface area (Å²) in [6.45, 7) is 11.6. The number of rotatable bonds is 6. The smallest absolute Gasteiger partial charge is 0.284 e. The number of hydrogen-bond acceptors (Lipinski definition) is 6. The van der Waals surface area contributed by atoms with Crippen molar-refractivity contribution >= 4 is 34.5 Å². The lowest BCUT2D eigenvalue weighted by Gasteiger charge is -2.28. The van der Waals surface area contributed by atoms with Crippen molar-refractivity contribution in [1.29, 1.82) is 0 Å². The van der Waals surface area contributed by atoms with E-state index in [9.17, 15) is 4.79 Å². The molecule has 0 bridgehead atoms. The zero-order chi connectivity index (χ0) is 20.6. The van der Waals surface area contributed by atoms with Gasteiger partial charge < -0.3 is 10.2 Å². The minimum Gasteiger partial charge on any atom is -0.373 e. The molecule has 0 amide bonds. The van der Waals surface area contributed by atoms with Crippen LogP contribution in [0.5, 0.6) is 0 Å². The van der Waals surface area contributed by atoms with E-state index in [1.54, 1.807) is 19.3 Å². The second-order valence-corrected chi connectivity index (χ2v) is 6.77. The molecule has 9 heteroatoms. The van der Waals surface area contributed by atoms with E-state index < -0.39 is 0 Å².